The topological polar surface area (TPSA) is 46.2 Å². The van der Waals surface area contributed by atoms with E-state index < -0.39 is 12.2 Å². The quantitative estimate of drug-likeness (QED) is 0.0922. The highest BCUT2D eigenvalue weighted by Crippen LogP contribution is 2.42. The van der Waals surface area contributed by atoms with Crippen LogP contribution in [-0.4, -0.2) is 24.9 Å². The van der Waals surface area contributed by atoms with Gasteiger partial charge in [0, 0.05) is 28.0 Å². The van der Waals surface area contributed by atoms with Crippen LogP contribution in [0, 0.1) is 0 Å². The molecule has 6 aromatic carbocycles. The highest BCUT2D eigenvalue weighted by Gasteiger charge is 2.43. The van der Waals surface area contributed by atoms with E-state index >= 15 is 0 Å². The number of ether oxygens (including phenoxy) is 5. The molecule has 0 aliphatic carbocycles. The molecule has 1 aliphatic heterocycles. The zero-order chi connectivity index (χ0) is 38.7. The molecule has 0 radical (unpaired) electrons. The number of benzene rings is 6. The Hall–Kier alpha value is -5.34. The Kier molecular flexibility index (Phi) is 13.0. The summed E-state index contributed by atoms with van der Waals surface area (Å²) in [6.45, 7) is 6.40. The lowest BCUT2D eigenvalue weighted by Crippen LogP contribution is -2.47. The molecule has 0 amide bonds. The third-order valence-electron chi connectivity index (χ3n) is 10.4. The van der Waals surface area contributed by atoms with Gasteiger partial charge in [-0.3, -0.25) is 0 Å². The van der Waals surface area contributed by atoms with Crippen molar-refractivity contribution in [3.63, 3.8) is 0 Å². The molecule has 0 bridgehead atoms. The van der Waals surface area contributed by atoms with Crippen LogP contribution >= 0.6 is 11.3 Å². The largest absolute Gasteiger partial charge is 0.488 e. The van der Waals surface area contributed by atoms with Gasteiger partial charge in [-0.15, -0.1) is 11.3 Å². The van der Waals surface area contributed by atoms with Crippen molar-refractivity contribution in [2.45, 2.75) is 63.7 Å². The Morgan fingerprint density at radius 1 is 0.632 bits per heavy atom. The Morgan fingerprint density at radius 2 is 1.21 bits per heavy atom. The first-order chi connectivity index (χ1) is 28.2. The summed E-state index contributed by atoms with van der Waals surface area (Å²) in [4.78, 5) is 1.28. The second-order valence-corrected chi connectivity index (χ2v) is 15.7. The smallest absolute Gasteiger partial charge is 0.126 e. The maximum absolute atomic E-state index is 7.18. The molecule has 2 heterocycles. The highest BCUT2D eigenvalue weighted by molar-refractivity contribution is 7.19. The predicted molar refractivity (Wildman–Crippen MR) is 230 cm³/mol. The van der Waals surface area contributed by atoms with E-state index in [0.717, 1.165) is 51.1 Å². The molecule has 5 nitrogen and oxygen atoms in total. The molecule has 1 saturated heterocycles. The Balaban J connectivity index is 1.18. The van der Waals surface area contributed by atoms with Crippen molar-refractivity contribution in [1.29, 1.82) is 0 Å². The zero-order valence-corrected chi connectivity index (χ0v) is 32.9. The van der Waals surface area contributed by atoms with E-state index in [4.69, 9.17) is 23.7 Å². The summed E-state index contributed by atoms with van der Waals surface area (Å²) in [5.74, 6) is 0.736. The average Bonchev–Trinajstić information content (AvgIpc) is 3.68. The van der Waals surface area contributed by atoms with Crippen LogP contribution in [0.3, 0.4) is 0 Å². The van der Waals surface area contributed by atoms with E-state index in [0.29, 0.717) is 39.5 Å². The van der Waals surface area contributed by atoms with Crippen LogP contribution in [0.5, 0.6) is 5.75 Å². The first-order valence-electron chi connectivity index (χ1n) is 19.7. The van der Waals surface area contributed by atoms with Crippen LogP contribution in [0.25, 0.3) is 16.2 Å². The monoisotopic (exact) mass is 772 g/mol. The van der Waals surface area contributed by atoms with Gasteiger partial charge in [0.15, 0.2) is 0 Å². The lowest BCUT2D eigenvalue weighted by atomic mass is 9.89. The van der Waals surface area contributed by atoms with Crippen LogP contribution in [-0.2, 0) is 51.8 Å². The van der Waals surface area contributed by atoms with Crippen molar-refractivity contribution >= 4 is 27.5 Å². The molecule has 1 aromatic heterocycles. The fourth-order valence-electron chi connectivity index (χ4n) is 7.47. The molecule has 7 aromatic rings. The minimum Gasteiger partial charge on any atom is -0.488 e. The van der Waals surface area contributed by atoms with E-state index in [1.54, 1.807) is 0 Å². The fourth-order valence-corrected chi connectivity index (χ4v) is 8.55. The highest BCUT2D eigenvalue weighted by atomic mass is 32.1. The van der Waals surface area contributed by atoms with Crippen LogP contribution in [0.1, 0.15) is 56.3 Å². The van der Waals surface area contributed by atoms with Gasteiger partial charge in [-0.25, -0.2) is 0 Å². The van der Waals surface area contributed by atoms with Crippen LogP contribution < -0.4 is 4.74 Å². The molecule has 1 fully saturated rings. The molecule has 8 rings (SSSR count). The number of fused-ring (bicyclic) bond motifs is 1. The molecular formula is C51H48O5S. The van der Waals surface area contributed by atoms with Gasteiger partial charge in [0.2, 0.25) is 0 Å². The second-order valence-electron chi connectivity index (χ2n) is 14.5. The van der Waals surface area contributed by atoms with Gasteiger partial charge < -0.3 is 23.7 Å². The molecule has 1 aliphatic rings. The van der Waals surface area contributed by atoms with Crippen molar-refractivity contribution in [3.8, 4) is 5.75 Å². The standard InChI is InChI=1S/C51H48O5S/c1-2-41-30-47(53-33-38-19-9-4-10-20-38)46(29-43(41)28-45-27-42-25-15-16-26-49(42)57-45)50-51(55-35-40-23-13-6-14-24-40)48(54-34-39-21-11-5-12-22-39)31-44(56-50)36-52-32-37-17-7-3-8-18-37/h2-27,29-30,44,48,50-51H,1,28,31-36H2/t44-,48-,50-,51+/m0/s1. The Morgan fingerprint density at radius 3 is 1.84 bits per heavy atom. The van der Waals surface area contributed by atoms with Crippen molar-refractivity contribution in [3.05, 3.63) is 214 Å². The average molecular weight is 773 g/mol. The number of hydrogen-bond acceptors (Lipinski definition) is 6. The summed E-state index contributed by atoms with van der Waals surface area (Å²) < 4.78 is 35.4. The van der Waals surface area contributed by atoms with Gasteiger partial charge >= 0.3 is 0 Å². The maximum atomic E-state index is 7.18. The third-order valence-corrected chi connectivity index (χ3v) is 11.5. The molecule has 0 saturated carbocycles. The van der Waals surface area contributed by atoms with Crippen molar-refractivity contribution in [2.24, 2.45) is 0 Å². The second kappa shape index (κ2) is 19.2. The molecule has 0 spiro atoms. The van der Waals surface area contributed by atoms with E-state index in [1.807, 2.05) is 90.2 Å². The molecule has 288 valence electrons. The summed E-state index contributed by atoms with van der Waals surface area (Å²) in [7, 11) is 0. The van der Waals surface area contributed by atoms with Crippen molar-refractivity contribution < 1.29 is 23.7 Å². The van der Waals surface area contributed by atoms with Gasteiger partial charge in [-0.05, 0) is 63.0 Å². The van der Waals surface area contributed by atoms with Gasteiger partial charge in [0.25, 0.3) is 0 Å². The normalized spacial score (nSPS) is 18.0. The van der Waals surface area contributed by atoms with Gasteiger partial charge in [0.1, 0.15) is 24.6 Å². The van der Waals surface area contributed by atoms with E-state index in [2.05, 4.69) is 97.6 Å². The summed E-state index contributed by atoms with van der Waals surface area (Å²) in [6, 6.07) is 56.4. The fraction of sp³-hybridized carbons (Fsp3) is 0.216. The van der Waals surface area contributed by atoms with Crippen LogP contribution in [0.2, 0.25) is 0 Å². The minimum absolute atomic E-state index is 0.261. The number of hydrogen-bond donors (Lipinski definition) is 0. The van der Waals surface area contributed by atoms with Crippen LogP contribution in [0.4, 0.5) is 0 Å². The molecular weight excluding hydrogens is 725 g/mol. The van der Waals surface area contributed by atoms with Gasteiger partial charge in [0.05, 0.1) is 38.6 Å². The first kappa shape index (κ1) is 38.5. The molecule has 4 atom stereocenters. The van der Waals surface area contributed by atoms with Crippen LogP contribution in [0.15, 0.2) is 170 Å². The van der Waals surface area contributed by atoms with Crippen molar-refractivity contribution in [2.75, 3.05) is 6.61 Å². The predicted octanol–water partition coefficient (Wildman–Crippen LogP) is 11.9. The summed E-state index contributed by atoms with van der Waals surface area (Å²) >= 11 is 1.83. The Labute approximate surface area is 340 Å². The first-order valence-corrected chi connectivity index (χ1v) is 20.5. The lowest BCUT2D eigenvalue weighted by molar-refractivity contribution is -0.219. The van der Waals surface area contributed by atoms with Crippen molar-refractivity contribution in [1.82, 2.24) is 0 Å². The lowest BCUT2D eigenvalue weighted by Gasteiger charge is -2.42. The van der Waals surface area contributed by atoms with Gasteiger partial charge in [-0.2, -0.15) is 0 Å². The summed E-state index contributed by atoms with van der Waals surface area (Å²) in [5, 5.41) is 1.25. The van der Waals surface area contributed by atoms with Gasteiger partial charge in [-0.1, -0.05) is 152 Å². The summed E-state index contributed by atoms with van der Waals surface area (Å²) in [6.07, 6.45) is 1.74. The molecule has 6 heteroatoms. The Bertz CT molecular complexity index is 2280. The van der Waals surface area contributed by atoms with E-state index in [1.165, 1.54) is 15.0 Å². The maximum Gasteiger partial charge on any atom is 0.126 e. The van der Waals surface area contributed by atoms with E-state index in [9.17, 15) is 0 Å². The van der Waals surface area contributed by atoms with E-state index in [-0.39, 0.29) is 12.2 Å². The summed E-state index contributed by atoms with van der Waals surface area (Å²) in [5.41, 5.74) is 7.48. The minimum atomic E-state index is -0.528. The number of rotatable bonds is 17. The molecule has 57 heavy (non-hydrogen) atoms. The molecule has 0 unspecified atom stereocenters. The molecule has 0 N–H and O–H groups in total. The number of thiophene rings is 1. The zero-order valence-electron chi connectivity index (χ0n) is 32.1. The third kappa shape index (κ3) is 10.2. The SMILES string of the molecule is C=Cc1cc(OCc2ccccc2)c([C@@H]2O[C@H](COCc3ccccc3)C[C@H](OCc3ccccc3)[C@H]2OCc2ccccc2)cc1Cc1cc2ccccc2s1.